The molecule has 0 aliphatic carbocycles. The molecule has 2 aromatic rings. The second-order valence-corrected chi connectivity index (χ2v) is 4.24. The van der Waals surface area contributed by atoms with Gasteiger partial charge in [-0.1, -0.05) is 0 Å². The molecule has 1 N–H and O–H groups in total. The van der Waals surface area contributed by atoms with Crippen molar-refractivity contribution in [1.82, 2.24) is 14.8 Å². The molecule has 0 unspecified atom stereocenters. The second-order valence-electron chi connectivity index (χ2n) is 4.24. The van der Waals surface area contributed by atoms with Crippen molar-refractivity contribution in [2.45, 2.75) is 13.3 Å². The number of aromatic nitrogens is 3. The number of aryl methyl sites for hydroxylation is 2. The largest absolute Gasteiger partial charge is 0.370 e. The number of anilines is 1. The Morgan fingerprint density at radius 2 is 2.32 bits per heavy atom. The summed E-state index contributed by atoms with van der Waals surface area (Å²) in [6.45, 7) is 2.40. The van der Waals surface area contributed by atoms with E-state index < -0.39 is 4.92 Å². The van der Waals surface area contributed by atoms with Crippen molar-refractivity contribution in [3.8, 4) is 0 Å². The van der Waals surface area contributed by atoms with Crippen molar-refractivity contribution in [1.29, 1.82) is 0 Å². The number of hydrogen-bond acceptors (Lipinski definition) is 5. The number of nitro groups is 1. The minimum atomic E-state index is -0.429. The molecule has 0 bridgehead atoms. The summed E-state index contributed by atoms with van der Waals surface area (Å²) in [5.41, 5.74) is 1.76. The van der Waals surface area contributed by atoms with Crippen LogP contribution in [-0.4, -0.2) is 26.2 Å². The molecule has 7 heteroatoms. The molecule has 0 atom stereocenters. The van der Waals surface area contributed by atoms with Gasteiger partial charge in [0.25, 0.3) is 5.69 Å². The van der Waals surface area contributed by atoms with Crippen molar-refractivity contribution < 1.29 is 4.92 Å². The molecule has 19 heavy (non-hydrogen) atoms. The van der Waals surface area contributed by atoms with Gasteiger partial charge in [0.15, 0.2) is 0 Å². The average molecular weight is 261 g/mol. The van der Waals surface area contributed by atoms with Crippen molar-refractivity contribution in [3.63, 3.8) is 0 Å². The van der Waals surface area contributed by atoms with Crippen LogP contribution in [0.5, 0.6) is 0 Å². The van der Waals surface area contributed by atoms with Crippen molar-refractivity contribution in [2.24, 2.45) is 7.05 Å². The van der Waals surface area contributed by atoms with Gasteiger partial charge in [0.05, 0.1) is 4.92 Å². The van der Waals surface area contributed by atoms with E-state index in [9.17, 15) is 10.1 Å². The molecule has 0 spiro atoms. The SMILES string of the molecule is Cc1cc(NCCc2ccnn2C)ncc1[N+](=O)[O-]. The van der Waals surface area contributed by atoms with Gasteiger partial charge in [-0.15, -0.1) is 0 Å². The lowest BCUT2D eigenvalue weighted by molar-refractivity contribution is -0.385. The summed E-state index contributed by atoms with van der Waals surface area (Å²) in [6.07, 6.45) is 3.85. The molecule has 0 saturated heterocycles. The average Bonchev–Trinajstić information content (AvgIpc) is 2.75. The highest BCUT2D eigenvalue weighted by molar-refractivity contribution is 5.46. The van der Waals surface area contributed by atoms with Crippen LogP contribution in [0.3, 0.4) is 0 Å². The first-order chi connectivity index (χ1) is 9.08. The fraction of sp³-hybridized carbons (Fsp3) is 0.333. The van der Waals surface area contributed by atoms with Gasteiger partial charge in [-0.05, 0) is 19.1 Å². The molecular weight excluding hydrogens is 246 g/mol. The molecule has 2 rings (SSSR count). The lowest BCUT2D eigenvalue weighted by atomic mass is 10.2. The summed E-state index contributed by atoms with van der Waals surface area (Å²) in [7, 11) is 1.89. The first-order valence-electron chi connectivity index (χ1n) is 5.89. The van der Waals surface area contributed by atoms with Gasteiger partial charge in [0.1, 0.15) is 12.0 Å². The van der Waals surface area contributed by atoms with Crippen molar-refractivity contribution in [2.75, 3.05) is 11.9 Å². The molecule has 100 valence electrons. The summed E-state index contributed by atoms with van der Waals surface area (Å²) < 4.78 is 1.82. The highest BCUT2D eigenvalue weighted by atomic mass is 16.6. The highest BCUT2D eigenvalue weighted by Gasteiger charge is 2.11. The van der Waals surface area contributed by atoms with Crippen LogP contribution >= 0.6 is 0 Å². The predicted octanol–water partition coefficient (Wildman–Crippen LogP) is 1.69. The maximum atomic E-state index is 10.7. The van der Waals surface area contributed by atoms with Crippen molar-refractivity contribution in [3.05, 3.63) is 45.9 Å². The third-order valence-electron chi connectivity index (χ3n) is 2.89. The summed E-state index contributed by atoms with van der Waals surface area (Å²) in [4.78, 5) is 14.3. The minimum Gasteiger partial charge on any atom is -0.370 e. The number of rotatable bonds is 5. The van der Waals surface area contributed by atoms with E-state index in [-0.39, 0.29) is 5.69 Å². The van der Waals surface area contributed by atoms with Crippen LogP contribution in [0.25, 0.3) is 0 Å². The normalized spacial score (nSPS) is 10.4. The van der Waals surface area contributed by atoms with Crippen molar-refractivity contribution >= 4 is 11.5 Å². The van der Waals surface area contributed by atoms with E-state index in [1.54, 1.807) is 19.2 Å². The molecule has 2 aromatic heterocycles. The first kappa shape index (κ1) is 13.0. The minimum absolute atomic E-state index is 0.0391. The van der Waals surface area contributed by atoms with Crippen LogP contribution in [0.2, 0.25) is 0 Å². The molecule has 0 aliphatic heterocycles. The Morgan fingerprint density at radius 3 is 2.89 bits per heavy atom. The number of nitrogens with zero attached hydrogens (tertiary/aromatic N) is 4. The molecule has 0 fully saturated rings. The molecule has 0 aromatic carbocycles. The van der Waals surface area contributed by atoms with Gasteiger partial charge in [0, 0.05) is 37.5 Å². The Morgan fingerprint density at radius 1 is 1.53 bits per heavy atom. The summed E-state index contributed by atoms with van der Waals surface area (Å²) in [5.74, 6) is 0.644. The van der Waals surface area contributed by atoms with Gasteiger partial charge >= 0.3 is 0 Å². The predicted molar refractivity (Wildman–Crippen MR) is 71.0 cm³/mol. The zero-order chi connectivity index (χ0) is 13.8. The van der Waals surface area contributed by atoms with Crippen LogP contribution in [0.15, 0.2) is 24.5 Å². The Labute approximate surface area is 110 Å². The van der Waals surface area contributed by atoms with E-state index >= 15 is 0 Å². The monoisotopic (exact) mass is 261 g/mol. The third kappa shape index (κ3) is 3.06. The number of nitrogens with one attached hydrogen (secondary N) is 1. The van der Waals surface area contributed by atoms with Crippen LogP contribution in [-0.2, 0) is 13.5 Å². The Kier molecular flexibility index (Phi) is 3.74. The maximum Gasteiger partial charge on any atom is 0.290 e. The van der Waals surface area contributed by atoms with Gasteiger partial charge in [-0.3, -0.25) is 14.8 Å². The van der Waals surface area contributed by atoms with E-state index in [1.807, 2.05) is 17.8 Å². The molecule has 2 heterocycles. The van der Waals surface area contributed by atoms with Crippen LogP contribution in [0.4, 0.5) is 11.5 Å². The second kappa shape index (κ2) is 5.47. The topological polar surface area (TPSA) is 85.9 Å². The summed E-state index contributed by atoms with van der Waals surface area (Å²) in [5, 5.41) is 17.9. The van der Waals surface area contributed by atoms with Gasteiger partial charge in [0.2, 0.25) is 0 Å². The lowest BCUT2D eigenvalue weighted by Crippen LogP contribution is -2.09. The lowest BCUT2D eigenvalue weighted by Gasteiger charge is -2.06. The summed E-state index contributed by atoms with van der Waals surface area (Å²) in [6, 6.07) is 3.64. The standard InChI is InChI=1S/C12H15N5O2/c1-9-7-12(14-8-11(9)17(18)19)13-5-3-10-4-6-15-16(10)2/h4,6-8H,3,5H2,1-2H3,(H,13,14). The Hall–Kier alpha value is -2.44. The van der Waals surface area contributed by atoms with E-state index in [1.165, 1.54) is 6.20 Å². The first-order valence-corrected chi connectivity index (χ1v) is 5.89. The van der Waals surface area contributed by atoms with Gasteiger partial charge in [-0.25, -0.2) is 4.98 Å². The van der Waals surface area contributed by atoms with Crippen LogP contribution in [0.1, 0.15) is 11.3 Å². The number of pyridine rings is 1. The van der Waals surface area contributed by atoms with Gasteiger partial charge < -0.3 is 5.32 Å². The van der Waals surface area contributed by atoms with Crippen LogP contribution < -0.4 is 5.32 Å². The zero-order valence-electron chi connectivity index (χ0n) is 10.8. The molecule has 0 radical (unpaired) electrons. The molecule has 7 nitrogen and oxygen atoms in total. The zero-order valence-corrected chi connectivity index (χ0v) is 10.8. The third-order valence-corrected chi connectivity index (χ3v) is 2.89. The fourth-order valence-corrected chi connectivity index (χ4v) is 1.80. The molecule has 0 saturated carbocycles. The Bertz CT molecular complexity index is 594. The van der Waals surface area contributed by atoms with E-state index in [0.717, 1.165) is 12.1 Å². The Balaban J connectivity index is 1.95. The van der Waals surface area contributed by atoms with E-state index in [4.69, 9.17) is 0 Å². The molecule has 0 amide bonds. The van der Waals surface area contributed by atoms with Crippen LogP contribution in [0, 0.1) is 17.0 Å². The summed E-state index contributed by atoms with van der Waals surface area (Å²) >= 11 is 0. The van der Waals surface area contributed by atoms with Gasteiger partial charge in [-0.2, -0.15) is 5.10 Å². The van der Waals surface area contributed by atoms with E-state index in [2.05, 4.69) is 15.4 Å². The molecular formula is C12H15N5O2. The maximum absolute atomic E-state index is 10.7. The quantitative estimate of drug-likeness (QED) is 0.653. The smallest absolute Gasteiger partial charge is 0.290 e. The van der Waals surface area contributed by atoms with E-state index in [0.29, 0.717) is 17.9 Å². The fourth-order valence-electron chi connectivity index (χ4n) is 1.80. The highest BCUT2D eigenvalue weighted by Crippen LogP contribution is 2.18. The number of hydrogen-bond donors (Lipinski definition) is 1. The molecule has 0 aliphatic rings.